The molecule has 24 heavy (non-hydrogen) atoms. The monoisotopic (exact) mass is 322 g/mol. The molecule has 0 saturated carbocycles. The highest BCUT2D eigenvalue weighted by Gasteiger charge is 2.23. The van der Waals surface area contributed by atoms with Gasteiger partial charge in [0, 0.05) is 0 Å². The van der Waals surface area contributed by atoms with E-state index in [1.165, 1.54) is 16.7 Å². The lowest BCUT2D eigenvalue weighted by Crippen LogP contribution is -2.18. The summed E-state index contributed by atoms with van der Waals surface area (Å²) in [5.74, 6) is -0.214. The maximum atomic E-state index is 11.9. The first kappa shape index (κ1) is 18.4. The molecule has 0 radical (unpaired) electrons. The van der Waals surface area contributed by atoms with Gasteiger partial charge < -0.3 is 4.79 Å². The van der Waals surface area contributed by atoms with E-state index in [-0.39, 0.29) is 16.7 Å². The maximum Gasteiger partial charge on any atom is 0.131 e. The smallest absolute Gasteiger partial charge is 0.131 e. The molecule has 2 aromatic rings. The minimum absolute atomic E-state index is 0.0523. The van der Waals surface area contributed by atoms with Crippen molar-refractivity contribution in [2.24, 2.45) is 0 Å². The van der Waals surface area contributed by atoms with Crippen LogP contribution in [0.4, 0.5) is 0 Å². The number of carbonyl (C=O) groups excluding carboxylic acids is 1. The van der Waals surface area contributed by atoms with Crippen molar-refractivity contribution in [1.82, 2.24) is 0 Å². The summed E-state index contributed by atoms with van der Waals surface area (Å²) in [6.07, 6.45) is 1.07. The molecule has 0 aliphatic rings. The summed E-state index contributed by atoms with van der Waals surface area (Å²) in [7, 11) is 0. The molecule has 0 N–H and O–H groups in total. The summed E-state index contributed by atoms with van der Waals surface area (Å²) in [6, 6.07) is 15.0. The van der Waals surface area contributed by atoms with Crippen molar-refractivity contribution in [3.63, 3.8) is 0 Å². The van der Waals surface area contributed by atoms with Gasteiger partial charge in [0.15, 0.2) is 0 Å². The van der Waals surface area contributed by atoms with Crippen LogP contribution in [0.3, 0.4) is 0 Å². The second-order valence-corrected chi connectivity index (χ2v) is 8.87. The Kier molecular flexibility index (Phi) is 5.03. The highest BCUT2D eigenvalue weighted by molar-refractivity contribution is 5.69. The van der Waals surface area contributed by atoms with E-state index in [1.807, 2.05) is 0 Å². The zero-order valence-corrected chi connectivity index (χ0v) is 16.1. The van der Waals surface area contributed by atoms with E-state index in [9.17, 15) is 4.79 Å². The lowest BCUT2D eigenvalue weighted by molar-refractivity contribution is -0.108. The van der Waals surface area contributed by atoms with Crippen LogP contribution in [0.25, 0.3) is 0 Å². The van der Waals surface area contributed by atoms with Crippen molar-refractivity contribution in [3.05, 3.63) is 70.3 Å². The number of aryl methyl sites for hydroxylation is 1. The van der Waals surface area contributed by atoms with E-state index in [0.29, 0.717) is 0 Å². The van der Waals surface area contributed by atoms with Crippen LogP contribution < -0.4 is 0 Å². The molecular weight excluding hydrogens is 292 g/mol. The highest BCUT2D eigenvalue weighted by Crippen LogP contribution is 2.34. The van der Waals surface area contributed by atoms with Gasteiger partial charge >= 0.3 is 0 Å². The van der Waals surface area contributed by atoms with Crippen LogP contribution in [-0.2, 0) is 15.6 Å². The summed E-state index contributed by atoms with van der Waals surface area (Å²) >= 11 is 0. The molecule has 1 heteroatoms. The van der Waals surface area contributed by atoms with Crippen molar-refractivity contribution in [2.75, 3.05) is 0 Å². The van der Waals surface area contributed by atoms with Crippen LogP contribution in [0.5, 0.6) is 0 Å². The van der Waals surface area contributed by atoms with Crippen LogP contribution in [0.1, 0.15) is 75.3 Å². The molecule has 2 rings (SSSR count). The lowest BCUT2D eigenvalue weighted by atomic mass is 9.77. The number of aldehydes is 1. The van der Waals surface area contributed by atoms with E-state index >= 15 is 0 Å². The molecule has 128 valence electrons. The second-order valence-electron chi connectivity index (χ2n) is 8.87. The molecule has 0 aromatic heterocycles. The minimum atomic E-state index is -0.214. The third-order valence-electron chi connectivity index (χ3n) is 4.62. The van der Waals surface area contributed by atoms with Crippen LogP contribution >= 0.6 is 0 Å². The number of carbonyl (C=O) groups is 1. The molecule has 0 aliphatic carbocycles. The van der Waals surface area contributed by atoms with E-state index in [4.69, 9.17) is 0 Å². The number of hydrogen-bond acceptors (Lipinski definition) is 1. The molecule has 0 fully saturated rings. The molecule has 2 aromatic carbocycles. The van der Waals surface area contributed by atoms with Gasteiger partial charge in [-0.05, 0) is 40.0 Å². The fourth-order valence-electron chi connectivity index (χ4n) is 2.82. The summed E-state index contributed by atoms with van der Waals surface area (Å²) in [6.45, 7) is 15.4. The second kappa shape index (κ2) is 6.55. The summed E-state index contributed by atoms with van der Waals surface area (Å²) in [4.78, 5) is 11.9. The molecule has 0 aliphatic heterocycles. The Morgan fingerprint density at radius 2 is 1.21 bits per heavy atom. The Balaban J connectivity index is 2.62. The SMILES string of the molecule is Cc1ccc(C(C=O)c2cc(C(C)(C)C)cc(C(C)(C)C)c2)cc1. The summed E-state index contributed by atoms with van der Waals surface area (Å²) < 4.78 is 0. The molecule has 0 heterocycles. The molecule has 0 amide bonds. The van der Waals surface area contributed by atoms with Crippen LogP contribution in [0.2, 0.25) is 0 Å². The fraction of sp³-hybridized carbons (Fsp3) is 0.435. The minimum Gasteiger partial charge on any atom is -0.302 e. The molecule has 1 atom stereocenters. The average molecular weight is 322 g/mol. The van der Waals surface area contributed by atoms with Gasteiger partial charge in [-0.2, -0.15) is 0 Å². The largest absolute Gasteiger partial charge is 0.302 e. The van der Waals surface area contributed by atoms with Gasteiger partial charge in [-0.15, -0.1) is 0 Å². The van der Waals surface area contributed by atoms with Gasteiger partial charge in [0.2, 0.25) is 0 Å². The highest BCUT2D eigenvalue weighted by atomic mass is 16.1. The topological polar surface area (TPSA) is 17.1 Å². The van der Waals surface area contributed by atoms with E-state index in [0.717, 1.165) is 17.4 Å². The molecule has 0 saturated heterocycles. The Hall–Kier alpha value is -1.89. The molecule has 0 bridgehead atoms. The van der Waals surface area contributed by atoms with Crippen molar-refractivity contribution in [3.8, 4) is 0 Å². The summed E-state index contributed by atoms with van der Waals surface area (Å²) in [5, 5.41) is 0. The van der Waals surface area contributed by atoms with E-state index < -0.39 is 0 Å². The van der Waals surface area contributed by atoms with Crippen LogP contribution in [-0.4, -0.2) is 6.29 Å². The lowest BCUT2D eigenvalue weighted by Gasteiger charge is -2.27. The quantitative estimate of drug-likeness (QED) is 0.641. The Morgan fingerprint density at radius 1 is 0.750 bits per heavy atom. The normalized spacial score (nSPS) is 13.6. The van der Waals surface area contributed by atoms with Crippen molar-refractivity contribution < 1.29 is 4.79 Å². The first-order valence-corrected chi connectivity index (χ1v) is 8.70. The average Bonchev–Trinajstić information content (AvgIpc) is 2.48. The van der Waals surface area contributed by atoms with Crippen LogP contribution in [0.15, 0.2) is 42.5 Å². The zero-order valence-electron chi connectivity index (χ0n) is 16.1. The molecule has 1 unspecified atom stereocenters. The maximum absolute atomic E-state index is 11.9. The Labute approximate surface area is 147 Å². The van der Waals surface area contributed by atoms with Crippen molar-refractivity contribution in [2.45, 2.75) is 65.2 Å². The number of hydrogen-bond donors (Lipinski definition) is 0. The van der Waals surface area contributed by atoms with E-state index in [2.05, 4.69) is 90.9 Å². The number of benzene rings is 2. The Bertz CT molecular complexity index is 677. The van der Waals surface area contributed by atoms with Gasteiger partial charge in [-0.25, -0.2) is 0 Å². The third-order valence-corrected chi connectivity index (χ3v) is 4.62. The predicted octanol–water partition coefficient (Wildman–Crippen LogP) is 5.92. The van der Waals surface area contributed by atoms with E-state index in [1.54, 1.807) is 0 Å². The van der Waals surface area contributed by atoms with Gasteiger partial charge in [-0.3, -0.25) is 0 Å². The van der Waals surface area contributed by atoms with Gasteiger partial charge in [-0.1, -0.05) is 89.6 Å². The fourth-order valence-corrected chi connectivity index (χ4v) is 2.82. The summed E-state index contributed by atoms with van der Waals surface area (Å²) in [5.41, 5.74) is 6.02. The van der Waals surface area contributed by atoms with Gasteiger partial charge in [0.1, 0.15) is 6.29 Å². The van der Waals surface area contributed by atoms with Crippen LogP contribution in [0, 0.1) is 6.92 Å². The van der Waals surface area contributed by atoms with Crippen molar-refractivity contribution >= 4 is 6.29 Å². The molecule has 0 spiro atoms. The first-order valence-electron chi connectivity index (χ1n) is 8.70. The van der Waals surface area contributed by atoms with Gasteiger partial charge in [0.05, 0.1) is 5.92 Å². The predicted molar refractivity (Wildman–Crippen MR) is 103 cm³/mol. The van der Waals surface area contributed by atoms with Gasteiger partial charge in [0.25, 0.3) is 0 Å². The van der Waals surface area contributed by atoms with Crippen molar-refractivity contribution in [1.29, 1.82) is 0 Å². The molecular formula is C23H30O. The standard InChI is InChI=1S/C23H30O/c1-16-8-10-17(11-9-16)21(15-24)18-12-19(22(2,3)4)14-20(13-18)23(5,6)7/h8-15,21H,1-7H3. The third kappa shape index (κ3) is 4.14. The first-order chi connectivity index (χ1) is 11.0. The zero-order chi connectivity index (χ0) is 18.1. The number of rotatable bonds is 3. The molecule has 1 nitrogen and oxygen atoms in total. The Morgan fingerprint density at radius 3 is 1.58 bits per heavy atom.